The van der Waals surface area contributed by atoms with E-state index in [1.807, 2.05) is 12.1 Å². The molecule has 1 saturated heterocycles. The predicted octanol–water partition coefficient (Wildman–Crippen LogP) is 1.52. The van der Waals surface area contributed by atoms with Crippen LogP contribution in [0.2, 0.25) is 0 Å². The molecule has 3 heterocycles. The van der Waals surface area contributed by atoms with Gasteiger partial charge in [0.2, 0.25) is 11.6 Å². The van der Waals surface area contributed by atoms with Gasteiger partial charge in [0, 0.05) is 31.9 Å². The fourth-order valence-corrected chi connectivity index (χ4v) is 3.55. The van der Waals surface area contributed by atoms with E-state index in [0.29, 0.717) is 24.0 Å². The molecule has 2 aromatic heterocycles. The number of piperidine rings is 1. The Balaban J connectivity index is 1.38. The van der Waals surface area contributed by atoms with Gasteiger partial charge in [0.05, 0.1) is 23.8 Å². The second kappa shape index (κ2) is 8.69. The zero-order chi connectivity index (χ0) is 20.9. The molecule has 0 spiro atoms. The van der Waals surface area contributed by atoms with Crippen LogP contribution in [-0.2, 0) is 11.3 Å². The minimum Gasteiger partial charge on any atom is -0.470 e. The molecule has 0 unspecified atom stereocenters. The van der Waals surface area contributed by atoms with Crippen LogP contribution in [0.15, 0.2) is 47.8 Å². The maximum absolute atomic E-state index is 12.7. The molecule has 0 saturated carbocycles. The number of likely N-dealkylation sites (tertiary alicyclic amines) is 1. The average Bonchev–Trinajstić information content (AvgIpc) is 2.79. The Kier molecular flexibility index (Phi) is 5.66. The molecule has 1 aliphatic rings. The molecule has 0 aliphatic carbocycles. The molecule has 0 bridgehead atoms. The van der Waals surface area contributed by atoms with Crippen molar-refractivity contribution >= 4 is 16.8 Å². The zero-order valence-corrected chi connectivity index (χ0v) is 16.3. The number of rotatable bonds is 5. The highest BCUT2D eigenvalue weighted by molar-refractivity contribution is 5.77. The van der Waals surface area contributed by atoms with Gasteiger partial charge in [-0.3, -0.25) is 14.2 Å². The topological polar surface area (TPSA) is 114 Å². The number of carbonyl (C=O) groups excluding carboxylic acids is 1. The largest absolute Gasteiger partial charge is 0.470 e. The van der Waals surface area contributed by atoms with E-state index in [1.165, 1.54) is 23.3 Å². The number of benzene rings is 1. The Labute approximate surface area is 172 Å². The van der Waals surface area contributed by atoms with E-state index >= 15 is 0 Å². The van der Waals surface area contributed by atoms with Crippen molar-refractivity contribution in [1.29, 1.82) is 5.26 Å². The Morgan fingerprint density at radius 1 is 1.23 bits per heavy atom. The first-order valence-electron chi connectivity index (χ1n) is 9.75. The lowest BCUT2D eigenvalue weighted by Crippen LogP contribution is -2.45. The molecule has 3 aromatic rings. The quantitative estimate of drug-likeness (QED) is 0.633. The van der Waals surface area contributed by atoms with E-state index in [4.69, 9.17) is 10.00 Å². The third-order valence-electron chi connectivity index (χ3n) is 5.08. The summed E-state index contributed by atoms with van der Waals surface area (Å²) < 4.78 is 7.30. The Morgan fingerprint density at radius 2 is 2.07 bits per heavy atom. The summed E-state index contributed by atoms with van der Waals surface area (Å²) in [5, 5.41) is 9.66. The maximum atomic E-state index is 12.7. The first-order valence-corrected chi connectivity index (χ1v) is 9.75. The molecule has 1 fully saturated rings. The average molecular weight is 404 g/mol. The number of ether oxygens (including phenoxy) is 1. The SMILES string of the molecule is N#Cc1nccnc1O[C@@H]1CCCN(C(=O)CCn2cnc3ccccc3c2=O)C1. The molecule has 0 radical (unpaired) electrons. The van der Waals surface area contributed by atoms with Crippen molar-refractivity contribution in [3.05, 3.63) is 59.0 Å². The lowest BCUT2D eigenvalue weighted by Gasteiger charge is -2.32. The molecule has 9 heteroatoms. The summed E-state index contributed by atoms with van der Waals surface area (Å²) in [4.78, 5) is 39.3. The molecule has 0 N–H and O–H groups in total. The molecular formula is C21H20N6O3. The Hall–Kier alpha value is -3.80. The normalized spacial score (nSPS) is 16.2. The first-order chi connectivity index (χ1) is 14.7. The highest BCUT2D eigenvalue weighted by Crippen LogP contribution is 2.19. The van der Waals surface area contributed by atoms with Crippen LogP contribution in [-0.4, -0.2) is 49.5 Å². The number of aromatic nitrogens is 4. The number of nitriles is 1. The van der Waals surface area contributed by atoms with Crippen LogP contribution in [0.3, 0.4) is 0 Å². The number of hydrogen-bond acceptors (Lipinski definition) is 7. The number of fused-ring (bicyclic) bond motifs is 1. The van der Waals surface area contributed by atoms with Crippen LogP contribution in [0.25, 0.3) is 10.9 Å². The van der Waals surface area contributed by atoms with Crippen molar-refractivity contribution in [2.75, 3.05) is 13.1 Å². The van der Waals surface area contributed by atoms with Crippen LogP contribution in [0.5, 0.6) is 5.88 Å². The predicted molar refractivity (Wildman–Crippen MR) is 108 cm³/mol. The molecule has 9 nitrogen and oxygen atoms in total. The Bertz CT molecular complexity index is 1170. The summed E-state index contributed by atoms with van der Waals surface area (Å²) in [5.74, 6) is 0.135. The second-order valence-corrected chi connectivity index (χ2v) is 7.05. The molecule has 1 amide bonds. The number of nitrogens with zero attached hydrogens (tertiary/aromatic N) is 6. The van der Waals surface area contributed by atoms with E-state index in [-0.39, 0.29) is 42.1 Å². The van der Waals surface area contributed by atoms with Crippen molar-refractivity contribution < 1.29 is 9.53 Å². The molecule has 152 valence electrons. The number of carbonyl (C=O) groups is 1. The molecule has 30 heavy (non-hydrogen) atoms. The van der Waals surface area contributed by atoms with Gasteiger partial charge in [0.1, 0.15) is 12.2 Å². The molecule has 1 aromatic carbocycles. The summed E-state index contributed by atoms with van der Waals surface area (Å²) in [7, 11) is 0. The van der Waals surface area contributed by atoms with Crippen LogP contribution >= 0.6 is 0 Å². The van der Waals surface area contributed by atoms with Gasteiger partial charge in [-0.15, -0.1) is 0 Å². The van der Waals surface area contributed by atoms with Gasteiger partial charge in [-0.05, 0) is 25.0 Å². The standard InChI is InChI=1S/C21H20N6O3/c22-12-18-20(24-9-8-23-18)30-15-4-3-10-26(13-15)19(28)7-11-27-14-25-17-6-2-1-5-16(17)21(27)29/h1-2,5-6,8-9,14-15H,3-4,7,10-11,13H2/t15-/m1/s1. The van der Waals surface area contributed by atoms with Crippen molar-refractivity contribution in [2.45, 2.75) is 31.9 Å². The van der Waals surface area contributed by atoms with Crippen molar-refractivity contribution in [3.63, 3.8) is 0 Å². The first kappa shape index (κ1) is 19.5. The highest BCUT2D eigenvalue weighted by Gasteiger charge is 2.26. The monoisotopic (exact) mass is 404 g/mol. The van der Waals surface area contributed by atoms with E-state index in [2.05, 4.69) is 15.0 Å². The van der Waals surface area contributed by atoms with Gasteiger partial charge in [0.25, 0.3) is 11.4 Å². The second-order valence-electron chi connectivity index (χ2n) is 7.05. The van der Waals surface area contributed by atoms with Crippen LogP contribution in [0.4, 0.5) is 0 Å². The number of amides is 1. The molecule has 4 rings (SSSR count). The van der Waals surface area contributed by atoms with Crippen molar-refractivity contribution in [2.24, 2.45) is 0 Å². The Morgan fingerprint density at radius 3 is 2.93 bits per heavy atom. The van der Waals surface area contributed by atoms with Crippen molar-refractivity contribution in [3.8, 4) is 11.9 Å². The van der Waals surface area contributed by atoms with Gasteiger partial charge in [-0.25, -0.2) is 15.0 Å². The fourth-order valence-electron chi connectivity index (χ4n) is 3.55. The summed E-state index contributed by atoms with van der Waals surface area (Å²) in [6, 6.07) is 9.11. The van der Waals surface area contributed by atoms with E-state index in [0.717, 1.165) is 12.8 Å². The minimum atomic E-state index is -0.253. The lowest BCUT2D eigenvalue weighted by molar-refractivity contribution is -0.134. The highest BCUT2D eigenvalue weighted by atomic mass is 16.5. The summed E-state index contributed by atoms with van der Waals surface area (Å²) in [6.07, 6.45) is 5.88. The van der Waals surface area contributed by atoms with Gasteiger partial charge in [0.15, 0.2) is 0 Å². The van der Waals surface area contributed by atoms with Crippen LogP contribution in [0.1, 0.15) is 25.0 Å². The van der Waals surface area contributed by atoms with E-state index in [1.54, 1.807) is 23.1 Å². The smallest absolute Gasteiger partial charge is 0.261 e. The third-order valence-corrected chi connectivity index (χ3v) is 5.08. The van der Waals surface area contributed by atoms with Gasteiger partial charge >= 0.3 is 0 Å². The summed E-state index contributed by atoms with van der Waals surface area (Å²) in [5.41, 5.74) is 0.617. The van der Waals surface area contributed by atoms with Crippen molar-refractivity contribution in [1.82, 2.24) is 24.4 Å². The minimum absolute atomic E-state index is 0.0528. The summed E-state index contributed by atoms with van der Waals surface area (Å²) >= 11 is 0. The van der Waals surface area contributed by atoms with Crippen LogP contribution in [0, 0.1) is 11.3 Å². The van der Waals surface area contributed by atoms with Gasteiger partial charge in [-0.2, -0.15) is 5.26 Å². The third kappa shape index (κ3) is 4.12. The van der Waals surface area contributed by atoms with Crippen LogP contribution < -0.4 is 10.3 Å². The summed E-state index contributed by atoms with van der Waals surface area (Å²) in [6.45, 7) is 1.31. The molecule has 1 atom stereocenters. The number of aryl methyl sites for hydroxylation is 1. The van der Waals surface area contributed by atoms with E-state index < -0.39 is 0 Å². The fraction of sp³-hybridized carbons (Fsp3) is 0.333. The van der Waals surface area contributed by atoms with Gasteiger partial charge < -0.3 is 9.64 Å². The van der Waals surface area contributed by atoms with E-state index in [9.17, 15) is 9.59 Å². The molecule has 1 aliphatic heterocycles. The molecular weight excluding hydrogens is 384 g/mol. The maximum Gasteiger partial charge on any atom is 0.261 e. The zero-order valence-electron chi connectivity index (χ0n) is 16.3. The lowest BCUT2D eigenvalue weighted by atomic mass is 10.1. The van der Waals surface area contributed by atoms with Gasteiger partial charge in [-0.1, -0.05) is 12.1 Å². The number of hydrogen-bond donors (Lipinski definition) is 0. The number of para-hydroxylation sites is 1.